The van der Waals surface area contributed by atoms with Crippen LogP contribution in [-0.2, 0) is 20.7 Å². The van der Waals surface area contributed by atoms with Crippen molar-refractivity contribution in [1.82, 2.24) is 15.5 Å². The van der Waals surface area contributed by atoms with Gasteiger partial charge in [-0.05, 0) is 51.7 Å². The van der Waals surface area contributed by atoms with Gasteiger partial charge in [-0.1, -0.05) is 113 Å². The molecular weight excluding hydrogens is 526 g/mol. The maximum Gasteiger partial charge on any atom is 0.408 e. The summed E-state index contributed by atoms with van der Waals surface area (Å²) in [6.07, 6.45) is 7.75. The molecule has 7 nitrogen and oxygen atoms in total. The Morgan fingerprint density at radius 2 is 1.45 bits per heavy atom. The van der Waals surface area contributed by atoms with E-state index in [1.54, 1.807) is 25.7 Å². The fraction of sp³-hybridized carbons (Fsp3) is 0.571. The third-order valence-electron chi connectivity index (χ3n) is 7.09. The van der Waals surface area contributed by atoms with Crippen molar-refractivity contribution in [2.45, 2.75) is 117 Å². The second kappa shape index (κ2) is 18.2. The SMILES string of the molecule is CCCCCCCCN(C(=O)C(Cc1ccccc1)NC(=O)OC(C)(C)C)C(C(=O)NCCCC)c1ccc(C)cc1. The van der Waals surface area contributed by atoms with E-state index in [2.05, 4.69) is 24.5 Å². The number of amides is 3. The maximum absolute atomic E-state index is 14.5. The molecule has 2 rings (SSSR count). The minimum Gasteiger partial charge on any atom is -0.444 e. The lowest BCUT2D eigenvalue weighted by atomic mass is 9.99. The number of nitrogens with one attached hydrogen (secondary N) is 2. The lowest BCUT2D eigenvalue weighted by Gasteiger charge is -2.35. The molecule has 3 amide bonds. The summed E-state index contributed by atoms with van der Waals surface area (Å²) in [6.45, 7) is 12.6. The molecule has 0 bridgehead atoms. The molecule has 0 saturated carbocycles. The van der Waals surface area contributed by atoms with Crippen LogP contribution in [0.25, 0.3) is 0 Å². The highest BCUT2D eigenvalue weighted by atomic mass is 16.6. The quantitative estimate of drug-likeness (QED) is 0.193. The Hall–Kier alpha value is -3.35. The van der Waals surface area contributed by atoms with Crippen LogP contribution in [0.3, 0.4) is 0 Å². The highest BCUT2D eigenvalue weighted by Crippen LogP contribution is 2.25. The number of unbranched alkanes of at least 4 members (excludes halogenated alkanes) is 6. The highest BCUT2D eigenvalue weighted by molar-refractivity contribution is 5.92. The molecule has 2 atom stereocenters. The monoisotopic (exact) mass is 579 g/mol. The predicted molar refractivity (Wildman–Crippen MR) is 170 cm³/mol. The fourth-order valence-electron chi connectivity index (χ4n) is 4.84. The summed E-state index contributed by atoms with van der Waals surface area (Å²) < 4.78 is 5.54. The first-order valence-electron chi connectivity index (χ1n) is 15.7. The van der Waals surface area contributed by atoms with E-state index < -0.39 is 23.8 Å². The Kier molecular flexibility index (Phi) is 15.1. The average Bonchev–Trinajstić information content (AvgIpc) is 2.94. The van der Waals surface area contributed by atoms with Crippen LogP contribution >= 0.6 is 0 Å². The largest absolute Gasteiger partial charge is 0.444 e. The smallest absolute Gasteiger partial charge is 0.408 e. The molecule has 232 valence electrons. The lowest BCUT2D eigenvalue weighted by molar-refractivity contribution is -0.142. The summed E-state index contributed by atoms with van der Waals surface area (Å²) in [7, 11) is 0. The Balaban J connectivity index is 2.48. The summed E-state index contributed by atoms with van der Waals surface area (Å²) >= 11 is 0. The van der Waals surface area contributed by atoms with Crippen molar-refractivity contribution < 1.29 is 19.1 Å². The zero-order chi connectivity index (χ0) is 31.0. The van der Waals surface area contributed by atoms with Gasteiger partial charge in [0.2, 0.25) is 11.8 Å². The normalized spacial score (nSPS) is 12.7. The van der Waals surface area contributed by atoms with Crippen LogP contribution in [0.15, 0.2) is 54.6 Å². The Labute approximate surface area is 253 Å². The van der Waals surface area contributed by atoms with E-state index in [9.17, 15) is 14.4 Å². The molecule has 2 unspecified atom stereocenters. The number of ether oxygens (including phenoxy) is 1. The van der Waals surface area contributed by atoms with Crippen LogP contribution in [0.2, 0.25) is 0 Å². The molecule has 0 saturated heterocycles. The Bertz CT molecular complexity index is 1080. The van der Waals surface area contributed by atoms with Gasteiger partial charge in [-0.25, -0.2) is 4.79 Å². The minimum absolute atomic E-state index is 0.206. The molecular formula is C35H53N3O4. The third-order valence-corrected chi connectivity index (χ3v) is 7.09. The standard InChI is InChI=1S/C35H53N3O4/c1-7-9-11-12-13-17-25-38(31(32(39)36-24-10-8-2)29-22-20-27(3)21-23-29)33(40)30(26-28-18-15-14-16-19-28)37-34(41)42-35(4,5)6/h14-16,18-23,30-31H,7-13,17,24-26H2,1-6H3,(H,36,39)(H,37,41). The second-order valence-corrected chi connectivity index (χ2v) is 12.1. The van der Waals surface area contributed by atoms with Crippen LogP contribution < -0.4 is 10.6 Å². The molecule has 0 aliphatic heterocycles. The summed E-state index contributed by atoms with van der Waals surface area (Å²) in [5, 5.41) is 5.91. The molecule has 2 aromatic rings. The van der Waals surface area contributed by atoms with Crippen molar-refractivity contribution in [3.05, 3.63) is 71.3 Å². The van der Waals surface area contributed by atoms with Gasteiger partial charge < -0.3 is 20.3 Å². The Morgan fingerprint density at radius 3 is 2.07 bits per heavy atom. The highest BCUT2D eigenvalue weighted by Gasteiger charge is 2.36. The third kappa shape index (κ3) is 12.7. The second-order valence-electron chi connectivity index (χ2n) is 12.1. The molecule has 2 aromatic carbocycles. The molecule has 0 aliphatic rings. The minimum atomic E-state index is -0.904. The number of hydrogen-bond donors (Lipinski definition) is 2. The van der Waals surface area contributed by atoms with Crippen LogP contribution in [-0.4, -0.2) is 47.5 Å². The molecule has 42 heavy (non-hydrogen) atoms. The molecule has 2 N–H and O–H groups in total. The van der Waals surface area contributed by atoms with Gasteiger partial charge in [-0.15, -0.1) is 0 Å². The molecule has 7 heteroatoms. The molecule has 0 aliphatic carbocycles. The predicted octanol–water partition coefficient (Wildman–Crippen LogP) is 7.28. The number of aryl methyl sites for hydroxylation is 1. The zero-order valence-electron chi connectivity index (χ0n) is 26.7. The molecule has 0 fully saturated rings. The number of carbonyl (C=O) groups excluding carboxylic acids is 3. The van der Waals surface area contributed by atoms with Crippen molar-refractivity contribution in [3.8, 4) is 0 Å². The van der Waals surface area contributed by atoms with Gasteiger partial charge in [0.1, 0.15) is 17.7 Å². The van der Waals surface area contributed by atoms with Crippen LogP contribution in [0.4, 0.5) is 4.79 Å². The van der Waals surface area contributed by atoms with Crippen LogP contribution in [0.1, 0.15) is 109 Å². The van der Waals surface area contributed by atoms with Gasteiger partial charge in [-0.3, -0.25) is 9.59 Å². The first-order chi connectivity index (χ1) is 20.1. The Morgan fingerprint density at radius 1 is 0.833 bits per heavy atom. The number of benzene rings is 2. The summed E-state index contributed by atoms with van der Waals surface area (Å²) in [4.78, 5) is 42.9. The van der Waals surface area contributed by atoms with Crippen molar-refractivity contribution in [1.29, 1.82) is 0 Å². The van der Waals surface area contributed by atoms with Gasteiger partial charge >= 0.3 is 6.09 Å². The molecule has 0 radical (unpaired) electrons. The first-order valence-corrected chi connectivity index (χ1v) is 15.7. The maximum atomic E-state index is 14.5. The van der Waals surface area contributed by atoms with Crippen molar-refractivity contribution >= 4 is 17.9 Å². The number of nitrogens with zero attached hydrogens (tertiary/aromatic N) is 1. The van der Waals surface area contributed by atoms with Crippen molar-refractivity contribution in [2.24, 2.45) is 0 Å². The van der Waals surface area contributed by atoms with Gasteiger partial charge in [0.25, 0.3) is 0 Å². The van der Waals surface area contributed by atoms with E-state index in [0.29, 0.717) is 13.1 Å². The number of hydrogen-bond acceptors (Lipinski definition) is 4. The van der Waals surface area contributed by atoms with Crippen LogP contribution in [0, 0.1) is 6.92 Å². The van der Waals surface area contributed by atoms with E-state index >= 15 is 0 Å². The zero-order valence-corrected chi connectivity index (χ0v) is 26.7. The summed E-state index contributed by atoms with van der Waals surface area (Å²) in [5.74, 6) is -0.503. The molecule has 0 heterocycles. The number of rotatable bonds is 17. The lowest BCUT2D eigenvalue weighted by Crippen LogP contribution is -2.54. The van der Waals surface area contributed by atoms with Gasteiger partial charge in [-0.2, -0.15) is 0 Å². The molecule has 0 spiro atoms. The summed E-state index contributed by atoms with van der Waals surface area (Å²) in [6, 6.07) is 15.7. The van der Waals surface area contributed by atoms with E-state index in [-0.39, 0.29) is 18.2 Å². The first kappa shape index (κ1) is 34.8. The van der Waals surface area contributed by atoms with E-state index in [4.69, 9.17) is 4.74 Å². The number of carbonyl (C=O) groups is 3. The molecule has 0 aromatic heterocycles. The van der Waals surface area contributed by atoms with Crippen molar-refractivity contribution in [2.75, 3.05) is 13.1 Å². The van der Waals surface area contributed by atoms with Gasteiger partial charge in [0.05, 0.1) is 0 Å². The average molecular weight is 580 g/mol. The topological polar surface area (TPSA) is 87.7 Å². The van der Waals surface area contributed by atoms with E-state index in [0.717, 1.165) is 61.6 Å². The van der Waals surface area contributed by atoms with E-state index in [1.165, 1.54) is 6.42 Å². The number of alkyl carbamates (subject to hydrolysis) is 1. The van der Waals surface area contributed by atoms with Crippen molar-refractivity contribution in [3.63, 3.8) is 0 Å². The van der Waals surface area contributed by atoms with Crippen LogP contribution in [0.5, 0.6) is 0 Å². The summed E-state index contributed by atoms with van der Waals surface area (Å²) in [5.41, 5.74) is 2.02. The van der Waals surface area contributed by atoms with Gasteiger partial charge in [0, 0.05) is 19.5 Å². The van der Waals surface area contributed by atoms with Gasteiger partial charge in [0.15, 0.2) is 0 Å². The fourth-order valence-corrected chi connectivity index (χ4v) is 4.84. The van der Waals surface area contributed by atoms with E-state index in [1.807, 2.05) is 61.5 Å².